The van der Waals surface area contributed by atoms with Crippen LogP contribution in [0.5, 0.6) is 0 Å². The maximum absolute atomic E-state index is 13.5. The minimum absolute atomic E-state index is 0.149. The van der Waals surface area contributed by atoms with Gasteiger partial charge in [0.05, 0.1) is 5.69 Å². The summed E-state index contributed by atoms with van der Waals surface area (Å²) in [5.41, 5.74) is 5.55. The summed E-state index contributed by atoms with van der Waals surface area (Å²) in [5, 5.41) is 0. The summed E-state index contributed by atoms with van der Waals surface area (Å²) in [4.78, 5) is 22.6. The van der Waals surface area contributed by atoms with Crippen molar-refractivity contribution in [1.29, 1.82) is 0 Å². The van der Waals surface area contributed by atoms with E-state index in [4.69, 9.17) is 0 Å². The molecule has 0 atom stereocenters. The van der Waals surface area contributed by atoms with Crippen LogP contribution in [0.25, 0.3) is 29.0 Å². The molecule has 0 aliphatic carbocycles. The van der Waals surface area contributed by atoms with E-state index < -0.39 is 0 Å². The highest BCUT2D eigenvalue weighted by Crippen LogP contribution is 2.17. The summed E-state index contributed by atoms with van der Waals surface area (Å²) in [5.74, 6) is 0. The molecule has 0 saturated carbocycles. The summed E-state index contributed by atoms with van der Waals surface area (Å²) in [6.07, 6.45) is 6.27. The Hall–Kier alpha value is -4.31. The van der Waals surface area contributed by atoms with E-state index in [2.05, 4.69) is 28.2 Å². The third-order valence-electron chi connectivity index (χ3n) is 5.29. The minimum Gasteiger partial charge on any atom is -0.267 e. The summed E-state index contributed by atoms with van der Waals surface area (Å²) in [7, 11) is 0. The Balaban J connectivity index is 1.61. The van der Waals surface area contributed by atoms with Crippen LogP contribution in [0.3, 0.4) is 0 Å². The lowest BCUT2D eigenvalue weighted by Gasteiger charge is -2.12. The third-order valence-corrected chi connectivity index (χ3v) is 5.29. The maximum atomic E-state index is 13.5. The van der Waals surface area contributed by atoms with E-state index in [9.17, 15) is 4.79 Å². The number of benzene rings is 3. The van der Waals surface area contributed by atoms with Gasteiger partial charge in [-0.05, 0) is 41.0 Å². The molecule has 5 rings (SSSR count). The first-order chi connectivity index (χ1) is 15.8. The predicted molar refractivity (Wildman–Crippen MR) is 130 cm³/mol. The quantitative estimate of drug-likeness (QED) is 0.354. The van der Waals surface area contributed by atoms with Gasteiger partial charge in [0.1, 0.15) is 11.2 Å². The smallest absolute Gasteiger partial charge is 0.267 e. The van der Waals surface area contributed by atoms with Gasteiger partial charge < -0.3 is 0 Å². The van der Waals surface area contributed by atoms with Crippen LogP contribution < -0.4 is 5.56 Å². The van der Waals surface area contributed by atoms with Gasteiger partial charge in [0.2, 0.25) is 0 Å². The molecule has 4 heteroatoms. The molecule has 0 aliphatic rings. The maximum Gasteiger partial charge on any atom is 0.278 e. The first-order valence-corrected chi connectivity index (χ1v) is 10.5. The molecule has 0 fully saturated rings. The fourth-order valence-electron chi connectivity index (χ4n) is 3.73. The molecular formula is C28H21N3O. The van der Waals surface area contributed by atoms with Crippen molar-refractivity contribution in [2.45, 2.75) is 6.42 Å². The van der Waals surface area contributed by atoms with Crippen LogP contribution in [-0.2, 0) is 6.42 Å². The van der Waals surface area contributed by atoms with Gasteiger partial charge in [0.15, 0.2) is 5.65 Å². The van der Waals surface area contributed by atoms with Gasteiger partial charge in [-0.25, -0.2) is 9.97 Å². The molecule has 0 aliphatic heterocycles. The Morgan fingerprint density at radius 2 is 1.47 bits per heavy atom. The number of aromatic nitrogens is 3. The van der Waals surface area contributed by atoms with Crippen molar-refractivity contribution in [1.82, 2.24) is 14.5 Å². The Bertz CT molecular complexity index is 1460. The van der Waals surface area contributed by atoms with Crippen LogP contribution in [0.1, 0.15) is 22.4 Å². The third kappa shape index (κ3) is 4.12. The molecule has 0 bridgehead atoms. The number of fused-ring (bicyclic) bond motifs is 1. The largest absolute Gasteiger partial charge is 0.278 e. The fourth-order valence-corrected chi connectivity index (χ4v) is 3.73. The Labute approximate surface area is 186 Å². The van der Waals surface area contributed by atoms with Crippen LogP contribution >= 0.6 is 0 Å². The number of hydrogen-bond acceptors (Lipinski definition) is 3. The lowest BCUT2D eigenvalue weighted by atomic mass is 10.1. The molecular weight excluding hydrogens is 394 g/mol. The van der Waals surface area contributed by atoms with Crippen molar-refractivity contribution in [2.75, 3.05) is 0 Å². The summed E-state index contributed by atoms with van der Waals surface area (Å²) in [6.45, 7) is 0. The zero-order valence-electron chi connectivity index (χ0n) is 17.4. The Morgan fingerprint density at radius 1 is 0.750 bits per heavy atom. The second-order valence-corrected chi connectivity index (χ2v) is 7.55. The number of nitrogens with zero attached hydrogens (tertiary/aromatic N) is 3. The molecule has 3 aromatic carbocycles. The van der Waals surface area contributed by atoms with Gasteiger partial charge in [-0.3, -0.25) is 9.36 Å². The molecule has 154 valence electrons. The number of rotatable bonds is 5. The molecule has 2 heterocycles. The standard InChI is InChI=1S/C28H21N3O/c32-28-26(20-22-11-5-2-6-12-22)30-25-15-8-18-29-27(25)31(28)24-14-7-13-23(19-24)17-16-21-9-3-1-4-10-21/h1-19H,20H2. The van der Waals surface area contributed by atoms with Crippen molar-refractivity contribution in [3.8, 4) is 5.69 Å². The predicted octanol–water partition coefficient (Wildman–Crippen LogP) is 5.54. The number of pyridine rings is 1. The van der Waals surface area contributed by atoms with Gasteiger partial charge >= 0.3 is 0 Å². The fraction of sp³-hybridized carbons (Fsp3) is 0.0357. The van der Waals surface area contributed by atoms with E-state index in [1.165, 1.54) is 0 Å². The zero-order chi connectivity index (χ0) is 21.8. The van der Waals surface area contributed by atoms with Crippen LogP contribution in [0.4, 0.5) is 0 Å². The second-order valence-electron chi connectivity index (χ2n) is 7.55. The van der Waals surface area contributed by atoms with Crippen molar-refractivity contribution < 1.29 is 0 Å². The van der Waals surface area contributed by atoms with Crippen LogP contribution in [0.2, 0.25) is 0 Å². The average molecular weight is 415 g/mol. The van der Waals surface area contributed by atoms with Crippen molar-refractivity contribution in [3.63, 3.8) is 0 Å². The Morgan fingerprint density at radius 3 is 2.28 bits per heavy atom. The van der Waals surface area contributed by atoms with Crippen LogP contribution in [0, 0.1) is 0 Å². The highest BCUT2D eigenvalue weighted by molar-refractivity contribution is 5.74. The van der Waals surface area contributed by atoms with E-state index in [0.29, 0.717) is 23.3 Å². The molecule has 0 unspecified atom stereocenters. The van der Waals surface area contributed by atoms with Crippen LogP contribution in [0.15, 0.2) is 108 Å². The molecule has 0 radical (unpaired) electrons. The SMILES string of the molecule is O=c1c(Cc2ccccc2)nc2cccnc2n1-c1cccc(C=Cc2ccccc2)c1. The monoisotopic (exact) mass is 415 g/mol. The molecule has 4 nitrogen and oxygen atoms in total. The lowest BCUT2D eigenvalue weighted by Crippen LogP contribution is -2.25. The topological polar surface area (TPSA) is 47.8 Å². The van der Waals surface area contributed by atoms with Gasteiger partial charge in [0, 0.05) is 12.6 Å². The molecule has 5 aromatic rings. The van der Waals surface area contributed by atoms with E-state index in [1.807, 2.05) is 91.0 Å². The van der Waals surface area contributed by atoms with Gasteiger partial charge in [-0.1, -0.05) is 84.9 Å². The van der Waals surface area contributed by atoms with Gasteiger partial charge in [0.25, 0.3) is 5.56 Å². The van der Waals surface area contributed by atoms with Crippen LogP contribution in [-0.4, -0.2) is 14.5 Å². The first-order valence-electron chi connectivity index (χ1n) is 10.5. The number of hydrogen-bond donors (Lipinski definition) is 0. The van der Waals surface area contributed by atoms with Crippen molar-refractivity contribution in [2.24, 2.45) is 0 Å². The summed E-state index contributed by atoms with van der Waals surface area (Å²) < 4.78 is 1.67. The molecule has 0 N–H and O–H groups in total. The van der Waals surface area contributed by atoms with Crippen molar-refractivity contribution >= 4 is 23.3 Å². The van der Waals surface area contributed by atoms with E-state index >= 15 is 0 Å². The van der Waals surface area contributed by atoms with Crippen molar-refractivity contribution in [3.05, 3.63) is 136 Å². The Kier molecular flexibility index (Phi) is 5.41. The highest BCUT2D eigenvalue weighted by Gasteiger charge is 2.14. The van der Waals surface area contributed by atoms with Gasteiger partial charge in [-0.15, -0.1) is 0 Å². The normalized spacial score (nSPS) is 11.2. The van der Waals surface area contributed by atoms with E-state index in [0.717, 1.165) is 22.4 Å². The highest BCUT2D eigenvalue weighted by atomic mass is 16.1. The van der Waals surface area contributed by atoms with Gasteiger partial charge in [-0.2, -0.15) is 0 Å². The second kappa shape index (κ2) is 8.82. The molecule has 0 spiro atoms. The lowest BCUT2D eigenvalue weighted by molar-refractivity contribution is 0.927. The molecule has 0 saturated heterocycles. The summed E-state index contributed by atoms with van der Waals surface area (Å²) in [6, 6.07) is 31.7. The average Bonchev–Trinajstić information content (AvgIpc) is 2.85. The minimum atomic E-state index is -0.149. The molecule has 0 amide bonds. The first kappa shape index (κ1) is 19.6. The summed E-state index contributed by atoms with van der Waals surface area (Å²) >= 11 is 0. The zero-order valence-corrected chi connectivity index (χ0v) is 17.4. The molecule has 32 heavy (non-hydrogen) atoms. The van der Waals surface area contributed by atoms with E-state index in [-0.39, 0.29) is 5.56 Å². The van der Waals surface area contributed by atoms with E-state index in [1.54, 1.807) is 10.8 Å². The molecule has 2 aromatic heterocycles.